The SMILES string of the molecule is CN1C(=O)N(CCCO)C(=O)C2C1=NC(Oc1cccc(OC(F)(F)F)c1)=[N+]2Cc1ccc(Cl)cc1. The molecular weight excluding hydrogens is 505 g/mol. The highest BCUT2D eigenvalue weighted by Gasteiger charge is 2.55. The first-order chi connectivity index (χ1) is 17.1. The van der Waals surface area contributed by atoms with E-state index >= 15 is 0 Å². The Kier molecular flexibility index (Phi) is 7.18. The van der Waals surface area contributed by atoms with Crippen LogP contribution in [0.1, 0.15) is 12.0 Å². The average molecular weight is 526 g/mol. The van der Waals surface area contributed by atoms with E-state index in [-0.39, 0.29) is 43.7 Å². The zero-order valence-corrected chi connectivity index (χ0v) is 19.7. The third-order valence-electron chi connectivity index (χ3n) is 5.43. The molecule has 3 amide bonds. The van der Waals surface area contributed by atoms with Gasteiger partial charge in [-0.05, 0) is 36.2 Å². The number of imide groups is 1. The first kappa shape index (κ1) is 25.5. The van der Waals surface area contributed by atoms with E-state index in [0.29, 0.717) is 5.02 Å². The summed E-state index contributed by atoms with van der Waals surface area (Å²) in [6.07, 6.45) is -4.69. The number of benzene rings is 2. The summed E-state index contributed by atoms with van der Waals surface area (Å²) < 4.78 is 49.2. The highest BCUT2D eigenvalue weighted by Crippen LogP contribution is 2.28. The number of carbonyl (C=O) groups excluding carboxylic acids is 2. The molecule has 190 valence electrons. The lowest BCUT2D eigenvalue weighted by molar-refractivity contribution is -0.557. The lowest BCUT2D eigenvalue weighted by Gasteiger charge is -2.32. The molecule has 0 bridgehead atoms. The second kappa shape index (κ2) is 10.2. The molecule has 1 saturated heterocycles. The Labute approximate surface area is 208 Å². The van der Waals surface area contributed by atoms with Crippen molar-refractivity contribution >= 4 is 35.4 Å². The van der Waals surface area contributed by atoms with Crippen molar-refractivity contribution < 1.29 is 41.9 Å². The third kappa shape index (κ3) is 5.44. The van der Waals surface area contributed by atoms with Crippen LogP contribution in [-0.2, 0) is 11.3 Å². The molecular formula is C23H21ClF3N4O5+. The van der Waals surface area contributed by atoms with Crippen LogP contribution >= 0.6 is 11.6 Å². The van der Waals surface area contributed by atoms with Gasteiger partial charge in [0.05, 0.1) is 0 Å². The number of fused-ring (bicyclic) bond motifs is 1. The summed E-state index contributed by atoms with van der Waals surface area (Å²) in [7, 11) is 1.45. The topological polar surface area (TPSA) is 94.7 Å². The van der Waals surface area contributed by atoms with Gasteiger partial charge >= 0.3 is 18.4 Å². The Morgan fingerprint density at radius 1 is 1.14 bits per heavy atom. The summed E-state index contributed by atoms with van der Waals surface area (Å²) >= 11 is 5.98. The molecule has 1 N–H and O–H groups in total. The van der Waals surface area contributed by atoms with Gasteiger partial charge in [0, 0.05) is 36.3 Å². The standard InChI is InChI=1S/C23H21ClF3N4O5/c1-29-19-18(20(33)30(22(29)34)10-3-11-32)31(13-14-6-8-15(24)9-7-14)21(28-19)35-16-4-2-5-17(12-16)36-23(25,26)27/h2,4-9,12,18,32H,3,10-11,13H2,1H3/q+1. The molecule has 0 saturated carbocycles. The summed E-state index contributed by atoms with van der Waals surface area (Å²) in [4.78, 5) is 32.7. The molecule has 1 fully saturated rings. The van der Waals surface area contributed by atoms with Gasteiger partial charge in [-0.15, -0.1) is 13.2 Å². The number of amides is 3. The van der Waals surface area contributed by atoms with E-state index < -0.39 is 30.1 Å². The Balaban J connectivity index is 1.72. The van der Waals surface area contributed by atoms with E-state index in [1.54, 1.807) is 24.3 Å². The van der Waals surface area contributed by atoms with Crippen molar-refractivity contribution in [3.05, 3.63) is 59.1 Å². The Hall–Kier alpha value is -3.64. The van der Waals surface area contributed by atoms with Gasteiger partial charge in [0.25, 0.3) is 17.8 Å². The molecule has 0 radical (unpaired) electrons. The monoisotopic (exact) mass is 525 g/mol. The second-order valence-corrected chi connectivity index (χ2v) is 8.38. The van der Waals surface area contributed by atoms with Gasteiger partial charge < -0.3 is 14.6 Å². The molecule has 2 aromatic rings. The summed E-state index contributed by atoms with van der Waals surface area (Å²) in [5.74, 6) is -0.968. The molecule has 36 heavy (non-hydrogen) atoms. The van der Waals surface area contributed by atoms with Crippen molar-refractivity contribution in [3.8, 4) is 11.5 Å². The van der Waals surface area contributed by atoms with Crippen LogP contribution in [-0.4, -0.2) is 75.9 Å². The number of amidine groups is 2. The number of hydrogen-bond acceptors (Lipinski definition) is 6. The quantitative estimate of drug-likeness (QED) is 0.560. The second-order valence-electron chi connectivity index (χ2n) is 7.94. The number of urea groups is 1. The summed E-state index contributed by atoms with van der Waals surface area (Å²) in [5.41, 5.74) is 0.736. The first-order valence-corrected chi connectivity index (χ1v) is 11.2. The number of likely N-dealkylation sites (N-methyl/N-ethyl adjacent to an activating group) is 1. The number of rotatable bonds is 7. The van der Waals surface area contributed by atoms with Crippen LogP contribution < -0.4 is 9.47 Å². The van der Waals surface area contributed by atoms with Crippen molar-refractivity contribution in [1.29, 1.82) is 0 Å². The fraction of sp³-hybridized carbons (Fsp3) is 0.304. The Bertz CT molecular complexity index is 1230. The first-order valence-electron chi connectivity index (χ1n) is 10.8. The summed E-state index contributed by atoms with van der Waals surface area (Å²) in [6, 6.07) is 9.94. The van der Waals surface area contributed by atoms with Crippen molar-refractivity contribution in [1.82, 2.24) is 9.80 Å². The number of hydrogen-bond donors (Lipinski definition) is 1. The van der Waals surface area contributed by atoms with Crippen LogP contribution in [0.4, 0.5) is 18.0 Å². The predicted molar refractivity (Wildman–Crippen MR) is 122 cm³/mol. The predicted octanol–water partition coefficient (Wildman–Crippen LogP) is 3.24. The molecule has 0 aliphatic carbocycles. The fourth-order valence-electron chi connectivity index (χ4n) is 3.80. The molecule has 2 aliphatic rings. The summed E-state index contributed by atoms with van der Waals surface area (Å²) in [6.45, 7) is -0.0910. The summed E-state index contributed by atoms with van der Waals surface area (Å²) in [5, 5.41) is 9.69. The number of alkyl halides is 3. The number of aliphatic hydroxyl groups is 1. The van der Waals surface area contributed by atoms with Crippen molar-refractivity contribution in [2.75, 3.05) is 20.2 Å². The number of carbonyl (C=O) groups is 2. The van der Waals surface area contributed by atoms with E-state index in [1.807, 2.05) is 0 Å². The smallest absolute Gasteiger partial charge is 0.406 e. The molecule has 1 unspecified atom stereocenters. The molecule has 4 rings (SSSR count). The number of ether oxygens (including phenoxy) is 2. The van der Waals surface area contributed by atoms with Gasteiger partial charge in [0.1, 0.15) is 18.0 Å². The molecule has 0 aromatic heterocycles. The third-order valence-corrected chi connectivity index (χ3v) is 5.68. The zero-order chi connectivity index (χ0) is 26.0. The molecule has 13 heteroatoms. The lowest BCUT2D eigenvalue weighted by Crippen LogP contribution is -2.62. The minimum atomic E-state index is -4.89. The number of aliphatic imine (C=N–C) groups is 1. The van der Waals surface area contributed by atoms with Gasteiger partial charge in [0.2, 0.25) is 0 Å². The number of halogens is 4. The maximum Gasteiger partial charge on any atom is 0.573 e. The molecule has 9 nitrogen and oxygen atoms in total. The fourth-order valence-corrected chi connectivity index (χ4v) is 3.92. The maximum absolute atomic E-state index is 13.4. The normalized spacial score (nSPS) is 17.9. The number of nitrogens with zero attached hydrogens (tertiary/aromatic N) is 4. The van der Waals surface area contributed by atoms with E-state index in [4.69, 9.17) is 16.3 Å². The van der Waals surface area contributed by atoms with Gasteiger partial charge in [-0.2, -0.15) is 4.58 Å². The minimum Gasteiger partial charge on any atom is -0.406 e. The zero-order valence-electron chi connectivity index (χ0n) is 18.9. The minimum absolute atomic E-state index is 0.00406. The number of aliphatic hydroxyl groups excluding tert-OH is 1. The average Bonchev–Trinajstić information content (AvgIpc) is 3.16. The van der Waals surface area contributed by atoms with E-state index in [2.05, 4.69) is 9.73 Å². The molecule has 2 heterocycles. The molecule has 2 aromatic carbocycles. The van der Waals surface area contributed by atoms with Gasteiger partial charge in [-0.1, -0.05) is 29.8 Å². The lowest BCUT2D eigenvalue weighted by atomic mass is 10.1. The molecule has 1 atom stereocenters. The van der Waals surface area contributed by atoms with Crippen LogP contribution in [0.25, 0.3) is 0 Å². The van der Waals surface area contributed by atoms with Crippen LogP contribution in [0, 0.1) is 0 Å². The van der Waals surface area contributed by atoms with E-state index in [1.165, 1.54) is 28.7 Å². The van der Waals surface area contributed by atoms with Gasteiger partial charge in [-0.3, -0.25) is 14.6 Å². The Morgan fingerprint density at radius 3 is 2.50 bits per heavy atom. The van der Waals surface area contributed by atoms with E-state index in [0.717, 1.165) is 22.6 Å². The largest absolute Gasteiger partial charge is 0.573 e. The van der Waals surface area contributed by atoms with Crippen molar-refractivity contribution in [3.63, 3.8) is 0 Å². The Morgan fingerprint density at radius 2 is 1.83 bits per heavy atom. The highest BCUT2D eigenvalue weighted by molar-refractivity contribution is 6.30. The van der Waals surface area contributed by atoms with Crippen LogP contribution in [0.5, 0.6) is 11.5 Å². The highest BCUT2D eigenvalue weighted by atomic mass is 35.5. The molecule has 0 spiro atoms. The van der Waals surface area contributed by atoms with Crippen LogP contribution in [0.2, 0.25) is 5.02 Å². The molecule has 2 aliphatic heterocycles. The van der Waals surface area contributed by atoms with Gasteiger partial charge in [-0.25, -0.2) is 4.79 Å². The van der Waals surface area contributed by atoms with Crippen molar-refractivity contribution in [2.45, 2.75) is 25.4 Å². The van der Waals surface area contributed by atoms with Gasteiger partial charge in [0.15, 0.2) is 0 Å². The van der Waals surface area contributed by atoms with Crippen LogP contribution in [0.3, 0.4) is 0 Å². The van der Waals surface area contributed by atoms with Crippen molar-refractivity contribution in [2.24, 2.45) is 4.99 Å². The van der Waals surface area contributed by atoms with E-state index in [9.17, 15) is 27.9 Å². The van der Waals surface area contributed by atoms with Crippen LogP contribution in [0.15, 0.2) is 53.5 Å². The maximum atomic E-state index is 13.4.